The van der Waals surface area contributed by atoms with Crippen molar-refractivity contribution in [1.82, 2.24) is 14.9 Å². The van der Waals surface area contributed by atoms with Crippen molar-refractivity contribution in [2.75, 3.05) is 26.2 Å². The fourth-order valence-corrected chi connectivity index (χ4v) is 2.57. The molecule has 0 bridgehead atoms. The van der Waals surface area contributed by atoms with Gasteiger partial charge in [0.2, 0.25) is 0 Å². The molecule has 1 unspecified atom stereocenters. The van der Waals surface area contributed by atoms with Crippen LogP contribution in [0.25, 0.3) is 11.0 Å². The minimum Gasteiger partial charge on any atom is -0.491 e. The van der Waals surface area contributed by atoms with Crippen LogP contribution in [0.4, 0.5) is 0 Å². The van der Waals surface area contributed by atoms with Gasteiger partial charge in [-0.2, -0.15) is 0 Å². The number of pyridine rings is 2. The topological polar surface area (TPSA) is 58.5 Å². The number of halogens is 1. The van der Waals surface area contributed by atoms with Crippen molar-refractivity contribution in [1.29, 1.82) is 0 Å². The molecular formula is C14H16ClN3O2. The highest BCUT2D eigenvalue weighted by molar-refractivity contribution is 6.34. The number of likely N-dealkylation sites (tertiary alicyclic amines) is 1. The standard InChI is InChI=1S/C14H16ClN3O2/c15-12-1-3-16-13-7-11(8-17-14(12)13)20-6-5-18-4-2-10(19)9-18/h1,3,7-8,10,19H,2,4-6,9H2. The maximum atomic E-state index is 9.45. The van der Waals surface area contributed by atoms with Crippen LogP contribution < -0.4 is 4.74 Å². The molecule has 1 aliphatic rings. The summed E-state index contributed by atoms with van der Waals surface area (Å²) in [6, 6.07) is 3.56. The highest BCUT2D eigenvalue weighted by Crippen LogP contribution is 2.22. The van der Waals surface area contributed by atoms with E-state index in [0.717, 1.165) is 31.6 Å². The van der Waals surface area contributed by atoms with Gasteiger partial charge in [-0.3, -0.25) is 9.88 Å². The van der Waals surface area contributed by atoms with Crippen molar-refractivity contribution in [3.05, 3.63) is 29.5 Å². The SMILES string of the molecule is OC1CCN(CCOc2cnc3c(Cl)ccnc3c2)C1. The van der Waals surface area contributed by atoms with Crippen LogP contribution in [0, 0.1) is 0 Å². The Balaban J connectivity index is 1.60. The van der Waals surface area contributed by atoms with E-state index in [4.69, 9.17) is 16.3 Å². The van der Waals surface area contributed by atoms with Gasteiger partial charge in [0.15, 0.2) is 0 Å². The lowest BCUT2D eigenvalue weighted by atomic mass is 10.3. The van der Waals surface area contributed by atoms with Crippen molar-refractivity contribution < 1.29 is 9.84 Å². The zero-order valence-electron chi connectivity index (χ0n) is 11.0. The molecule has 1 atom stereocenters. The third kappa shape index (κ3) is 3.00. The highest BCUT2D eigenvalue weighted by Gasteiger charge is 2.19. The number of aromatic nitrogens is 2. The summed E-state index contributed by atoms with van der Waals surface area (Å²) >= 11 is 6.04. The average Bonchev–Trinajstić information content (AvgIpc) is 2.85. The molecule has 2 aromatic rings. The van der Waals surface area contributed by atoms with Crippen LogP contribution in [0.15, 0.2) is 24.5 Å². The first-order valence-corrected chi connectivity index (χ1v) is 7.03. The number of β-amino-alcohol motifs (C(OH)–C–C–N with tert-alkyl or cyclic N) is 1. The highest BCUT2D eigenvalue weighted by atomic mass is 35.5. The van der Waals surface area contributed by atoms with Crippen molar-refractivity contribution in [3.8, 4) is 5.75 Å². The Hall–Kier alpha value is -1.43. The first kappa shape index (κ1) is 13.5. The van der Waals surface area contributed by atoms with E-state index in [1.165, 1.54) is 0 Å². The van der Waals surface area contributed by atoms with Gasteiger partial charge in [0.1, 0.15) is 17.9 Å². The first-order chi connectivity index (χ1) is 9.72. The predicted molar refractivity (Wildman–Crippen MR) is 77.1 cm³/mol. The lowest BCUT2D eigenvalue weighted by molar-refractivity contribution is 0.167. The molecule has 3 heterocycles. The lowest BCUT2D eigenvalue weighted by Gasteiger charge is -2.15. The second-order valence-electron chi connectivity index (χ2n) is 4.92. The number of rotatable bonds is 4. The molecule has 0 spiro atoms. The van der Waals surface area contributed by atoms with E-state index in [-0.39, 0.29) is 6.10 Å². The van der Waals surface area contributed by atoms with E-state index >= 15 is 0 Å². The molecule has 0 aromatic carbocycles. The third-order valence-electron chi connectivity index (χ3n) is 3.43. The van der Waals surface area contributed by atoms with E-state index in [0.29, 0.717) is 22.9 Å². The number of hydrogen-bond acceptors (Lipinski definition) is 5. The Labute approximate surface area is 122 Å². The Bertz CT molecular complexity index is 608. The van der Waals surface area contributed by atoms with E-state index in [9.17, 15) is 5.11 Å². The molecule has 1 aliphatic heterocycles. The van der Waals surface area contributed by atoms with Crippen molar-refractivity contribution >= 4 is 22.6 Å². The van der Waals surface area contributed by atoms with Crippen LogP contribution in [0.3, 0.4) is 0 Å². The smallest absolute Gasteiger partial charge is 0.139 e. The summed E-state index contributed by atoms with van der Waals surface area (Å²) in [6.07, 6.45) is 3.97. The summed E-state index contributed by atoms with van der Waals surface area (Å²) in [5, 5.41) is 10.0. The number of aliphatic hydroxyl groups excluding tert-OH is 1. The molecule has 1 N–H and O–H groups in total. The average molecular weight is 294 g/mol. The Morgan fingerprint density at radius 3 is 3.15 bits per heavy atom. The lowest BCUT2D eigenvalue weighted by Crippen LogP contribution is -2.27. The van der Waals surface area contributed by atoms with Gasteiger partial charge in [-0.25, -0.2) is 4.98 Å². The minimum absolute atomic E-state index is 0.191. The second-order valence-corrected chi connectivity index (χ2v) is 5.33. The Kier molecular flexibility index (Phi) is 4.00. The molecule has 1 fully saturated rings. The fourth-order valence-electron chi connectivity index (χ4n) is 2.37. The maximum Gasteiger partial charge on any atom is 0.139 e. The molecule has 1 saturated heterocycles. The molecule has 5 nitrogen and oxygen atoms in total. The number of aliphatic hydroxyl groups is 1. The van der Waals surface area contributed by atoms with Gasteiger partial charge in [0, 0.05) is 31.9 Å². The van der Waals surface area contributed by atoms with Crippen molar-refractivity contribution in [3.63, 3.8) is 0 Å². The van der Waals surface area contributed by atoms with Gasteiger partial charge >= 0.3 is 0 Å². The molecule has 2 aromatic heterocycles. The molecule has 106 valence electrons. The largest absolute Gasteiger partial charge is 0.491 e. The predicted octanol–water partition coefficient (Wildman–Crippen LogP) is 1.73. The summed E-state index contributed by atoms with van der Waals surface area (Å²) in [6.45, 7) is 3.03. The quantitative estimate of drug-likeness (QED) is 0.930. The third-order valence-corrected chi connectivity index (χ3v) is 3.73. The van der Waals surface area contributed by atoms with Gasteiger partial charge in [-0.05, 0) is 12.5 Å². The molecule has 0 saturated carbocycles. The van der Waals surface area contributed by atoms with E-state index in [2.05, 4.69) is 14.9 Å². The van der Waals surface area contributed by atoms with Gasteiger partial charge in [0.05, 0.1) is 22.8 Å². The molecule has 0 aliphatic carbocycles. The monoisotopic (exact) mass is 293 g/mol. The summed E-state index contributed by atoms with van der Waals surface area (Å²) in [5.41, 5.74) is 1.41. The first-order valence-electron chi connectivity index (χ1n) is 6.66. The van der Waals surface area contributed by atoms with E-state index < -0.39 is 0 Å². The number of ether oxygens (including phenoxy) is 1. The normalized spacial score (nSPS) is 19.6. The van der Waals surface area contributed by atoms with Crippen molar-refractivity contribution in [2.45, 2.75) is 12.5 Å². The maximum absolute atomic E-state index is 9.45. The van der Waals surface area contributed by atoms with Crippen LogP contribution in [-0.2, 0) is 0 Å². The van der Waals surface area contributed by atoms with Crippen LogP contribution in [-0.4, -0.2) is 52.3 Å². The number of fused-ring (bicyclic) bond motifs is 1. The van der Waals surface area contributed by atoms with Crippen LogP contribution >= 0.6 is 11.6 Å². The van der Waals surface area contributed by atoms with E-state index in [1.807, 2.05) is 6.07 Å². The summed E-state index contributed by atoms with van der Waals surface area (Å²) in [4.78, 5) is 10.7. The van der Waals surface area contributed by atoms with Crippen LogP contribution in [0.2, 0.25) is 5.02 Å². The molecule has 20 heavy (non-hydrogen) atoms. The summed E-state index contributed by atoms with van der Waals surface area (Å²) < 4.78 is 5.68. The summed E-state index contributed by atoms with van der Waals surface area (Å²) in [7, 11) is 0. The van der Waals surface area contributed by atoms with Gasteiger partial charge in [-0.1, -0.05) is 11.6 Å². The number of nitrogens with zero attached hydrogens (tertiary/aromatic N) is 3. The van der Waals surface area contributed by atoms with E-state index in [1.54, 1.807) is 18.5 Å². The summed E-state index contributed by atoms with van der Waals surface area (Å²) in [5.74, 6) is 0.687. The second kappa shape index (κ2) is 5.91. The van der Waals surface area contributed by atoms with Gasteiger partial charge in [-0.15, -0.1) is 0 Å². The van der Waals surface area contributed by atoms with Crippen LogP contribution in [0.1, 0.15) is 6.42 Å². The molecule has 0 radical (unpaired) electrons. The number of hydrogen-bond donors (Lipinski definition) is 1. The zero-order chi connectivity index (χ0) is 13.9. The molecule has 0 amide bonds. The van der Waals surface area contributed by atoms with Crippen LogP contribution in [0.5, 0.6) is 5.75 Å². The van der Waals surface area contributed by atoms with Gasteiger partial charge < -0.3 is 9.84 Å². The fraction of sp³-hybridized carbons (Fsp3) is 0.429. The van der Waals surface area contributed by atoms with Crippen molar-refractivity contribution in [2.24, 2.45) is 0 Å². The molecule has 6 heteroatoms. The Morgan fingerprint density at radius 1 is 1.45 bits per heavy atom. The molecule has 3 rings (SSSR count). The zero-order valence-corrected chi connectivity index (χ0v) is 11.8. The minimum atomic E-state index is -0.191. The Morgan fingerprint density at radius 2 is 2.35 bits per heavy atom. The molecular weight excluding hydrogens is 278 g/mol. The van der Waals surface area contributed by atoms with Gasteiger partial charge in [0.25, 0.3) is 0 Å².